The second-order valence-electron chi connectivity index (χ2n) is 3.37. The summed E-state index contributed by atoms with van der Waals surface area (Å²) in [5.74, 6) is 0. The van der Waals surface area contributed by atoms with Crippen LogP contribution >= 0.6 is 0 Å². The average molecular weight is 216 g/mol. The van der Waals surface area contributed by atoms with E-state index in [4.69, 9.17) is 4.74 Å². The molecule has 74 valence electrons. The van der Waals surface area contributed by atoms with E-state index in [0.29, 0.717) is 12.2 Å². The van der Waals surface area contributed by atoms with Crippen LogP contribution in [0.3, 0.4) is 0 Å². The van der Waals surface area contributed by atoms with E-state index in [-0.39, 0.29) is 35.5 Å². The van der Waals surface area contributed by atoms with Gasteiger partial charge in [-0.05, 0) is 20.4 Å². The van der Waals surface area contributed by atoms with Crippen LogP contribution in [-0.4, -0.2) is 59.8 Å². The minimum absolute atomic E-state index is 0. The molecule has 0 aliphatic carbocycles. The number of hydrogen-bond acceptors (Lipinski definition) is 2. The van der Waals surface area contributed by atoms with E-state index in [1.807, 2.05) is 0 Å². The van der Waals surface area contributed by atoms with E-state index < -0.39 is 0 Å². The fourth-order valence-corrected chi connectivity index (χ4v) is 1.69. The Balaban J connectivity index is 0. The Morgan fingerprint density at radius 1 is 1.31 bits per heavy atom. The monoisotopic (exact) mass is 215 g/mol. The van der Waals surface area contributed by atoms with Gasteiger partial charge in [-0.15, -0.1) is 0 Å². The third kappa shape index (κ3) is 6.13. The Kier molecular flexibility index (Phi) is 10.5. The summed E-state index contributed by atoms with van der Waals surface area (Å²) in [6, 6.07) is 0. The summed E-state index contributed by atoms with van der Waals surface area (Å²) < 4.78 is 5.60. The van der Waals surface area contributed by atoms with Gasteiger partial charge in [0, 0.05) is 13.1 Å². The molecular formula is C9H18ClMgNO. The quantitative estimate of drug-likeness (QED) is 0.389. The molecule has 0 saturated carbocycles. The molecule has 1 aliphatic heterocycles. The van der Waals surface area contributed by atoms with Crippen molar-refractivity contribution in [2.45, 2.75) is 32.5 Å². The van der Waals surface area contributed by atoms with Crippen molar-refractivity contribution in [2.24, 2.45) is 0 Å². The zero-order valence-corrected chi connectivity index (χ0v) is 10.8. The number of rotatable bonds is 2. The van der Waals surface area contributed by atoms with Gasteiger partial charge in [0.05, 0.1) is 12.2 Å². The van der Waals surface area contributed by atoms with E-state index in [2.05, 4.69) is 25.7 Å². The van der Waals surface area contributed by atoms with Crippen LogP contribution in [-0.2, 0) is 4.74 Å². The largest absolute Gasteiger partial charge is 2.00 e. The van der Waals surface area contributed by atoms with Crippen molar-refractivity contribution in [3.8, 4) is 0 Å². The zero-order chi connectivity index (χ0) is 8.27. The zero-order valence-electron chi connectivity index (χ0n) is 8.63. The molecule has 1 fully saturated rings. The van der Waals surface area contributed by atoms with Gasteiger partial charge < -0.3 is 29.0 Å². The molecule has 0 aromatic heterocycles. The predicted molar refractivity (Wildman–Crippen MR) is 52.2 cm³/mol. The molecule has 0 bridgehead atoms. The third-order valence-corrected chi connectivity index (χ3v) is 1.97. The van der Waals surface area contributed by atoms with Gasteiger partial charge in [-0.1, -0.05) is 0 Å². The molecule has 0 N–H and O–H groups in total. The summed E-state index contributed by atoms with van der Waals surface area (Å²) in [6.07, 6.45) is 1.79. The second-order valence-corrected chi connectivity index (χ2v) is 3.37. The van der Waals surface area contributed by atoms with Crippen LogP contribution < -0.4 is 12.4 Å². The van der Waals surface area contributed by atoms with Gasteiger partial charge in [0.25, 0.3) is 0 Å². The van der Waals surface area contributed by atoms with Gasteiger partial charge in [0.2, 0.25) is 0 Å². The minimum atomic E-state index is 0. The van der Waals surface area contributed by atoms with Crippen LogP contribution in [0.1, 0.15) is 20.3 Å². The van der Waals surface area contributed by atoms with Gasteiger partial charge in [0.15, 0.2) is 0 Å². The van der Waals surface area contributed by atoms with Gasteiger partial charge >= 0.3 is 23.1 Å². The van der Waals surface area contributed by atoms with Crippen molar-refractivity contribution >= 4 is 23.1 Å². The first-order valence-corrected chi connectivity index (χ1v) is 4.39. The van der Waals surface area contributed by atoms with Crippen molar-refractivity contribution in [2.75, 3.05) is 19.6 Å². The van der Waals surface area contributed by atoms with Gasteiger partial charge in [-0.3, -0.25) is 0 Å². The number of ether oxygens (including phenoxy) is 1. The van der Waals surface area contributed by atoms with Crippen molar-refractivity contribution in [1.82, 2.24) is 4.90 Å². The van der Waals surface area contributed by atoms with Gasteiger partial charge in [-0.2, -0.15) is 6.42 Å². The van der Waals surface area contributed by atoms with E-state index >= 15 is 0 Å². The number of halogens is 1. The predicted octanol–water partition coefficient (Wildman–Crippen LogP) is -2.06. The minimum Gasteiger partial charge on any atom is -1.00 e. The summed E-state index contributed by atoms with van der Waals surface area (Å²) in [6.45, 7) is 11.4. The first-order chi connectivity index (χ1) is 5.22. The normalized spacial score (nSPS) is 28.8. The summed E-state index contributed by atoms with van der Waals surface area (Å²) in [5.41, 5.74) is 0. The Morgan fingerprint density at radius 2 is 1.77 bits per heavy atom. The molecule has 1 aliphatic rings. The van der Waals surface area contributed by atoms with Crippen molar-refractivity contribution in [3.05, 3.63) is 6.92 Å². The third-order valence-electron chi connectivity index (χ3n) is 1.97. The first kappa shape index (κ1) is 16.4. The van der Waals surface area contributed by atoms with Crippen molar-refractivity contribution in [3.63, 3.8) is 0 Å². The molecule has 13 heavy (non-hydrogen) atoms. The summed E-state index contributed by atoms with van der Waals surface area (Å²) >= 11 is 0. The van der Waals surface area contributed by atoms with Crippen LogP contribution in [0, 0.1) is 6.92 Å². The SMILES string of the molecule is [CH2-]CCN1CC(C)OC(C)C1.[Cl-].[Mg+2]. The molecule has 2 unspecified atom stereocenters. The molecule has 0 aromatic rings. The molecule has 4 heteroatoms. The fraction of sp³-hybridized carbons (Fsp3) is 0.889. The summed E-state index contributed by atoms with van der Waals surface area (Å²) in [5, 5.41) is 0. The fourth-order valence-electron chi connectivity index (χ4n) is 1.69. The maximum Gasteiger partial charge on any atom is 2.00 e. The Bertz CT molecular complexity index is 116. The number of morpholine rings is 1. The van der Waals surface area contributed by atoms with Crippen molar-refractivity contribution < 1.29 is 17.1 Å². The molecule has 0 spiro atoms. The van der Waals surface area contributed by atoms with Crippen LogP contribution in [0.15, 0.2) is 0 Å². The summed E-state index contributed by atoms with van der Waals surface area (Å²) in [7, 11) is 0. The van der Waals surface area contributed by atoms with E-state index in [0.717, 1.165) is 26.1 Å². The molecular weight excluding hydrogens is 198 g/mol. The maximum absolute atomic E-state index is 5.60. The average Bonchev–Trinajstić information content (AvgIpc) is 1.85. The van der Waals surface area contributed by atoms with Crippen LogP contribution in [0.2, 0.25) is 0 Å². The van der Waals surface area contributed by atoms with E-state index in [1.165, 1.54) is 0 Å². The maximum atomic E-state index is 5.60. The molecule has 0 radical (unpaired) electrons. The smallest absolute Gasteiger partial charge is 1.00 e. The summed E-state index contributed by atoms with van der Waals surface area (Å²) in [4.78, 5) is 2.42. The van der Waals surface area contributed by atoms with Crippen LogP contribution in [0.4, 0.5) is 0 Å². The molecule has 0 aromatic carbocycles. The number of hydrogen-bond donors (Lipinski definition) is 0. The molecule has 0 amide bonds. The van der Waals surface area contributed by atoms with Gasteiger partial charge in [-0.25, -0.2) is 0 Å². The van der Waals surface area contributed by atoms with Gasteiger partial charge in [0.1, 0.15) is 0 Å². The van der Waals surface area contributed by atoms with E-state index in [1.54, 1.807) is 0 Å². The topological polar surface area (TPSA) is 12.5 Å². The van der Waals surface area contributed by atoms with Crippen molar-refractivity contribution in [1.29, 1.82) is 0 Å². The van der Waals surface area contributed by atoms with E-state index in [9.17, 15) is 0 Å². The molecule has 1 saturated heterocycles. The Labute approximate surface area is 104 Å². The Morgan fingerprint density at radius 3 is 2.15 bits per heavy atom. The van der Waals surface area contributed by atoms with Crippen LogP contribution in [0.5, 0.6) is 0 Å². The molecule has 2 nitrogen and oxygen atoms in total. The first-order valence-electron chi connectivity index (χ1n) is 4.39. The molecule has 2 atom stereocenters. The Hall–Kier alpha value is 0.976. The molecule has 1 heterocycles. The second kappa shape index (κ2) is 8.30. The number of nitrogens with zero attached hydrogens (tertiary/aromatic N) is 1. The van der Waals surface area contributed by atoms with Crippen LogP contribution in [0.25, 0.3) is 0 Å². The molecule has 1 rings (SSSR count). The standard InChI is InChI=1S/C9H18NO.ClH.Mg/c1-4-5-10-6-8(2)11-9(3)7-10;;/h8-9H,1,4-7H2,2-3H3;1H;/q-1;;+2/p-1.